The zero-order chi connectivity index (χ0) is 13.4. The Morgan fingerprint density at radius 1 is 1.42 bits per heavy atom. The zero-order valence-corrected chi connectivity index (χ0v) is 11.2. The molecule has 0 spiro atoms. The number of rotatable bonds is 2. The van der Waals surface area contributed by atoms with E-state index in [2.05, 4.69) is 17.4 Å². The fraction of sp³-hybridized carbons (Fsp3) is 0.467. The Bertz CT molecular complexity index is 621. The van der Waals surface area contributed by atoms with Crippen LogP contribution in [0.5, 0.6) is 0 Å². The molecule has 2 atom stereocenters. The maximum absolute atomic E-state index is 11.6. The van der Waals surface area contributed by atoms with Crippen LogP contribution in [0.3, 0.4) is 0 Å². The van der Waals surface area contributed by atoms with Gasteiger partial charge in [0.1, 0.15) is 0 Å². The van der Waals surface area contributed by atoms with Gasteiger partial charge in [-0.05, 0) is 38.3 Å². The minimum Gasteiger partial charge on any atom is -0.447 e. The molecule has 4 nitrogen and oxygen atoms in total. The van der Waals surface area contributed by atoms with Crippen molar-refractivity contribution in [2.75, 3.05) is 0 Å². The second-order valence-electron chi connectivity index (χ2n) is 5.42. The molecule has 1 aliphatic carbocycles. The lowest BCUT2D eigenvalue weighted by atomic mass is 10.1. The zero-order valence-electron chi connectivity index (χ0n) is 11.2. The Morgan fingerprint density at radius 2 is 2.21 bits per heavy atom. The molecule has 1 amide bonds. The number of para-hydroxylation sites is 1. The number of nitrogens with zero attached hydrogens (tertiary/aromatic N) is 1. The second kappa shape index (κ2) is 4.68. The summed E-state index contributed by atoms with van der Waals surface area (Å²) >= 11 is 0. The average Bonchev–Trinajstić information content (AvgIpc) is 2.84. The SMILES string of the molecule is CC(C)OC(=O)NC1CC2=c3ccccc3=NC2C1. The predicted octanol–water partition coefficient (Wildman–Crippen LogP) is 1.14. The maximum atomic E-state index is 11.6. The first-order valence-electron chi connectivity index (χ1n) is 6.76. The van der Waals surface area contributed by atoms with Crippen LogP contribution in [0.25, 0.3) is 5.57 Å². The molecule has 0 aromatic heterocycles. The molecule has 0 radical (unpaired) electrons. The summed E-state index contributed by atoms with van der Waals surface area (Å²) in [6.07, 6.45) is 1.34. The Morgan fingerprint density at radius 3 is 3.00 bits per heavy atom. The summed E-state index contributed by atoms with van der Waals surface area (Å²) in [5, 5.41) is 5.26. The van der Waals surface area contributed by atoms with Crippen molar-refractivity contribution in [1.29, 1.82) is 0 Å². The number of nitrogens with one attached hydrogen (secondary N) is 1. The molecule has 4 heteroatoms. The summed E-state index contributed by atoms with van der Waals surface area (Å²) in [6.45, 7) is 3.70. The number of alkyl carbamates (subject to hydrolysis) is 1. The second-order valence-corrected chi connectivity index (χ2v) is 5.42. The van der Waals surface area contributed by atoms with E-state index >= 15 is 0 Å². The monoisotopic (exact) mass is 258 g/mol. The van der Waals surface area contributed by atoms with E-state index in [0.717, 1.165) is 18.2 Å². The summed E-state index contributed by atoms with van der Waals surface area (Å²) < 4.78 is 5.11. The molecule has 1 N–H and O–H groups in total. The van der Waals surface area contributed by atoms with Crippen LogP contribution < -0.4 is 15.9 Å². The van der Waals surface area contributed by atoms with Gasteiger partial charge in [0.25, 0.3) is 0 Å². The van der Waals surface area contributed by atoms with E-state index in [9.17, 15) is 4.79 Å². The normalized spacial score (nSPS) is 23.8. The van der Waals surface area contributed by atoms with Crippen LogP contribution in [-0.4, -0.2) is 24.3 Å². The largest absolute Gasteiger partial charge is 0.447 e. The summed E-state index contributed by atoms with van der Waals surface area (Å²) in [7, 11) is 0. The third-order valence-corrected chi connectivity index (χ3v) is 3.59. The van der Waals surface area contributed by atoms with Crippen LogP contribution in [0.2, 0.25) is 0 Å². The molecule has 0 bridgehead atoms. The van der Waals surface area contributed by atoms with Crippen molar-refractivity contribution in [1.82, 2.24) is 5.32 Å². The van der Waals surface area contributed by atoms with Crippen molar-refractivity contribution in [3.05, 3.63) is 34.8 Å². The third-order valence-electron chi connectivity index (χ3n) is 3.59. The Labute approximate surface area is 112 Å². The highest BCUT2D eigenvalue weighted by Gasteiger charge is 2.33. The number of fused-ring (bicyclic) bond motifs is 2. The summed E-state index contributed by atoms with van der Waals surface area (Å²) in [6, 6.07) is 8.60. The molecule has 1 heterocycles. The standard InChI is InChI=1S/C15H18N2O2/c1-9(2)19-15(18)16-10-7-12-11-5-3-4-6-13(11)17-14(12)8-10/h3-6,9-10,14H,7-8H2,1-2H3,(H,16,18). The number of benzene rings is 1. The number of amides is 1. The summed E-state index contributed by atoms with van der Waals surface area (Å²) in [5.74, 6) is 0. The van der Waals surface area contributed by atoms with E-state index in [0.29, 0.717) is 0 Å². The highest BCUT2D eigenvalue weighted by molar-refractivity contribution is 5.69. The van der Waals surface area contributed by atoms with E-state index in [-0.39, 0.29) is 24.3 Å². The average molecular weight is 258 g/mol. The lowest BCUT2D eigenvalue weighted by Gasteiger charge is -2.14. The van der Waals surface area contributed by atoms with Crippen LogP contribution in [-0.2, 0) is 4.74 Å². The fourth-order valence-electron chi connectivity index (χ4n) is 2.87. The molecule has 19 heavy (non-hydrogen) atoms. The lowest BCUT2D eigenvalue weighted by Crippen LogP contribution is -2.35. The highest BCUT2D eigenvalue weighted by atomic mass is 16.6. The number of ether oxygens (including phenoxy) is 1. The van der Waals surface area contributed by atoms with Gasteiger partial charge in [-0.1, -0.05) is 18.2 Å². The van der Waals surface area contributed by atoms with E-state index in [1.807, 2.05) is 26.0 Å². The molecule has 1 aromatic carbocycles. The molecule has 2 aliphatic rings. The number of carbonyl (C=O) groups excluding carboxylic acids is 1. The van der Waals surface area contributed by atoms with Crippen LogP contribution in [0.4, 0.5) is 4.79 Å². The van der Waals surface area contributed by atoms with Gasteiger partial charge in [-0.15, -0.1) is 0 Å². The number of carbonyl (C=O) groups is 1. The van der Waals surface area contributed by atoms with Crippen LogP contribution in [0, 0.1) is 0 Å². The number of hydrogen-bond acceptors (Lipinski definition) is 3. The smallest absolute Gasteiger partial charge is 0.407 e. The molecule has 1 fully saturated rings. The molecule has 1 aromatic rings. The molecule has 3 rings (SSSR count). The molecular weight excluding hydrogens is 240 g/mol. The van der Waals surface area contributed by atoms with Crippen LogP contribution in [0.15, 0.2) is 29.3 Å². The Kier molecular flexibility index (Phi) is 3.01. The van der Waals surface area contributed by atoms with Crippen molar-refractivity contribution in [3.8, 4) is 0 Å². The van der Waals surface area contributed by atoms with Crippen molar-refractivity contribution in [2.45, 2.75) is 44.9 Å². The van der Waals surface area contributed by atoms with E-state index in [4.69, 9.17) is 9.73 Å². The highest BCUT2D eigenvalue weighted by Crippen LogP contribution is 2.29. The van der Waals surface area contributed by atoms with Gasteiger partial charge in [-0.3, -0.25) is 4.99 Å². The molecule has 1 saturated carbocycles. The first-order valence-corrected chi connectivity index (χ1v) is 6.76. The predicted molar refractivity (Wildman–Crippen MR) is 72.2 cm³/mol. The van der Waals surface area contributed by atoms with Crippen LogP contribution >= 0.6 is 0 Å². The van der Waals surface area contributed by atoms with Crippen molar-refractivity contribution in [3.63, 3.8) is 0 Å². The molecule has 0 saturated heterocycles. The number of hydrogen-bond donors (Lipinski definition) is 1. The first-order chi connectivity index (χ1) is 9.13. The van der Waals surface area contributed by atoms with Crippen molar-refractivity contribution in [2.24, 2.45) is 4.99 Å². The van der Waals surface area contributed by atoms with Gasteiger partial charge in [0.05, 0.1) is 17.5 Å². The quantitative estimate of drug-likeness (QED) is 0.864. The van der Waals surface area contributed by atoms with Gasteiger partial charge in [0.15, 0.2) is 0 Å². The molecular formula is C15H18N2O2. The summed E-state index contributed by atoms with van der Waals surface area (Å²) in [5.41, 5.74) is 1.35. The topological polar surface area (TPSA) is 50.7 Å². The minimum absolute atomic E-state index is 0.0843. The Balaban J connectivity index is 1.73. The van der Waals surface area contributed by atoms with Gasteiger partial charge in [0, 0.05) is 11.3 Å². The van der Waals surface area contributed by atoms with Crippen molar-refractivity contribution < 1.29 is 9.53 Å². The van der Waals surface area contributed by atoms with E-state index < -0.39 is 0 Å². The van der Waals surface area contributed by atoms with Gasteiger partial charge in [-0.25, -0.2) is 4.79 Å². The van der Waals surface area contributed by atoms with Gasteiger partial charge in [-0.2, -0.15) is 0 Å². The first kappa shape index (κ1) is 12.2. The third kappa shape index (κ3) is 2.35. The molecule has 1 aliphatic heterocycles. The van der Waals surface area contributed by atoms with E-state index in [1.54, 1.807) is 0 Å². The maximum Gasteiger partial charge on any atom is 0.407 e. The fourth-order valence-corrected chi connectivity index (χ4v) is 2.87. The Hall–Kier alpha value is -1.84. The van der Waals surface area contributed by atoms with Gasteiger partial charge < -0.3 is 10.1 Å². The van der Waals surface area contributed by atoms with Crippen LogP contribution in [0.1, 0.15) is 26.7 Å². The molecule has 2 unspecified atom stereocenters. The lowest BCUT2D eigenvalue weighted by molar-refractivity contribution is 0.112. The van der Waals surface area contributed by atoms with Gasteiger partial charge >= 0.3 is 6.09 Å². The summed E-state index contributed by atoms with van der Waals surface area (Å²) in [4.78, 5) is 16.3. The minimum atomic E-state index is -0.325. The molecule has 100 valence electrons. The van der Waals surface area contributed by atoms with Gasteiger partial charge in [0.2, 0.25) is 0 Å². The van der Waals surface area contributed by atoms with E-state index in [1.165, 1.54) is 10.8 Å². The van der Waals surface area contributed by atoms with Crippen molar-refractivity contribution >= 4 is 11.7 Å².